The van der Waals surface area contributed by atoms with Crippen LogP contribution in [0, 0.1) is 0 Å². The van der Waals surface area contributed by atoms with E-state index in [0.717, 1.165) is 5.69 Å². The Morgan fingerprint density at radius 3 is 2.62 bits per heavy atom. The van der Waals surface area contributed by atoms with Gasteiger partial charge < -0.3 is 9.84 Å². The largest absolute Gasteiger partial charge is 0.481 e. The van der Waals surface area contributed by atoms with Crippen molar-refractivity contribution in [2.24, 2.45) is 0 Å². The van der Waals surface area contributed by atoms with Crippen LogP contribution in [0.4, 0.5) is 0 Å². The maximum absolute atomic E-state index is 9.36. The molecule has 0 bridgehead atoms. The minimum atomic E-state index is -0.389. The van der Waals surface area contributed by atoms with E-state index in [1.807, 2.05) is 19.1 Å². The van der Waals surface area contributed by atoms with Crippen molar-refractivity contribution >= 4 is 0 Å². The number of nitrogens with zero attached hydrogens (tertiary/aromatic N) is 1. The standard InChI is InChI=1S/C10H15NO2/c1-7(8(2)12)9-5-4-6-10(11-9)13-3/h4-8,12H,1-3H3/t7-,8+/m1/s1. The summed E-state index contributed by atoms with van der Waals surface area (Å²) in [5, 5.41) is 9.36. The molecule has 0 aromatic carbocycles. The highest BCUT2D eigenvalue weighted by atomic mass is 16.5. The van der Waals surface area contributed by atoms with Gasteiger partial charge in [-0.2, -0.15) is 0 Å². The normalized spacial score (nSPS) is 15.1. The third kappa shape index (κ3) is 2.42. The molecule has 0 radical (unpaired) electrons. The van der Waals surface area contributed by atoms with Gasteiger partial charge in [0.05, 0.1) is 13.2 Å². The van der Waals surface area contributed by atoms with Gasteiger partial charge in [-0.25, -0.2) is 4.98 Å². The van der Waals surface area contributed by atoms with E-state index in [9.17, 15) is 5.11 Å². The first-order valence-electron chi connectivity index (χ1n) is 4.34. The van der Waals surface area contributed by atoms with Crippen molar-refractivity contribution in [3.63, 3.8) is 0 Å². The summed E-state index contributed by atoms with van der Waals surface area (Å²) in [6.45, 7) is 3.69. The number of rotatable bonds is 3. The highest BCUT2D eigenvalue weighted by molar-refractivity contribution is 5.18. The van der Waals surface area contributed by atoms with Crippen LogP contribution in [-0.4, -0.2) is 23.3 Å². The first-order valence-corrected chi connectivity index (χ1v) is 4.34. The average molecular weight is 181 g/mol. The molecule has 1 heterocycles. The van der Waals surface area contributed by atoms with Gasteiger partial charge in [-0.1, -0.05) is 13.0 Å². The molecular formula is C10H15NO2. The molecule has 1 N–H and O–H groups in total. The van der Waals surface area contributed by atoms with Crippen LogP contribution in [0.25, 0.3) is 0 Å². The van der Waals surface area contributed by atoms with Crippen molar-refractivity contribution in [3.05, 3.63) is 23.9 Å². The molecule has 0 aliphatic heterocycles. The molecule has 72 valence electrons. The van der Waals surface area contributed by atoms with Crippen LogP contribution in [0.1, 0.15) is 25.5 Å². The van der Waals surface area contributed by atoms with Crippen LogP contribution >= 0.6 is 0 Å². The molecule has 2 atom stereocenters. The number of aliphatic hydroxyl groups is 1. The predicted octanol–water partition coefficient (Wildman–Crippen LogP) is 1.57. The third-order valence-electron chi connectivity index (χ3n) is 2.14. The van der Waals surface area contributed by atoms with E-state index in [-0.39, 0.29) is 12.0 Å². The lowest BCUT2D eigenvalue weighted by Gasteiger charge is -2.14. The van der Waals surface area contributed by atoms with Crippen LogP contribution in [0.15, 0.2) is 18.2 Å². The summed E-state index contributed by atoms with van der Waals surface area (Å²) < 4.78 is 4.99. The Morgan fingerprint density at radius 1 is 1.38 bits per heavy atom. The Balaban J connectivity index is 2.88. The van der Waals surface area contributed by atoms with Gasteiger partial charge in [0.15, 0.2) is 0 Å². The van der Waals surface area contributed by atoms with E-state index in [0.29, 0.717) is 5.88 Å². The lowest BCUT2D eigenvalue weighted by Crippen LogP contribution is -2.12. The Hall–Kier alpha value is -1.09. The monoisotopic (exact) mass is 181 g/mol. The van der Waals surface area contributed by atoms with Crippen LogP contribution < -0.4 is 4.74 Å². The van der Waals surface area contributed by atoms with E-state index in [4.69, 9.17) is 4.74 Å². The van der Waals surface area contributed by atoms with Gasteiger partial charge in [0.1, 0.15) is 0 Å². The summed E-state index contributed by atoms with van der Waals surface area (Å²) in [6, 6.07) is 5.55. The molecule has 0 spiro atoms. The Bertz CT molecular complexity index is 273. The molecular weight excluding hydrogens is 166 g/mol. The van der Waals surface area contributed by atoms with E-state index >= 15 is 0 Å². The van der Waals surface area contributed by atoms with Crippen LogP contribution in [-0.2, 0) is 0 Å². The first-order chi connectivity index (χ1) is 6.15. The number of hydrogen-bond acceptors (Lipinski definition) is 3. The van der Waals surface area contributed by atoms with E-state index in [1.165, 1.54) is 0 Å². The molecule has 0 aliphatic carbocycles. The predicted molar refractivity (Wildman–Crippen MR) is 50.9 cm³/mol. The minimum Gasteiger partial charge on any atom is -0.481 e. The fraction of sp³-hybridized carbons (Fsp3) is 0.500. The molecule has 1 rings (SSSR count). The van der Waals surface area contributed by atoms with Crippen molar-refractivity contribution < 1.29 is 9.84 Å². The smallest absolute Gasteiger partial charge is 0.213 e. The van der Waals surface area contributed by atoms with Crippen molar-refractivity contribution in [1.82, 2.24) is 4.98 Å². The summed E-state index contributed by atoms with van der Waals surface area (Å²) in [7, 11) is 1.58. The Labute approximate surface area is 78.4 Å². The van der Waals surface area contributed by atoms with Crippen LogP contribution in [0.5, 0.6) is 5.88 Å². The molecule has 0 fully saturated rings. The van der Waals surface area contributed by atoms with Crippen molar-refractivity contribution in [1.29, 1.82) is 0 Å². The molecule has 13 heavy (non-hydrogen) atoms. The Morgan fingerprint density at radius 2 is 2.08 bits per heavy atom. The summed E-state index contributed by atoms with van der Waals surface area (Å²) >= 11 is 0. The van der Waals surface area contributed by atoms with E-state index in [1.54, 1.807) is 20.1 Å². The van der Waals surface area contributed by atoms with Gasteiger partial charge >= 0.3 is 0 Å². The number of ether oxygens (including phenoxy) is 1. The number of hydrogen-bond donors (Lipinski definition) is 1. The second kappa shape index (κ2) is 4.23. The molecule has 0 amide bonds. The fourth-order valence-electron chi connectivity index (χ4n) is 1.05. The summed E-state index contributed by atoms with van der Waals surface area (Å²) in [5.74, 6) is 0.625. The summed E-state index contributed by atoms with van der Waals surface area (Å²) in [4.78, 5) is 4.23. The van der Waals surface area contributed by atoms with Gasteiger partial charge in [-0.15, -0.1) is 0 Å². The number of pyridine rings is 1. The molecule has 0 unspecified atom stereocenters. The number of aromatic nitrogens is 1. The lowest BCUT2D eigenvalue weighted by atomic mass is 10.0. The maximum Gasteiger partial charge on any atom is 0.213 e. The molecule has 3 heteroatoms. The van der Waals surface area contributed by atoms with Gasteiger partial charge in [0.2, 0.25) is 5.88 Å². The minimum absolute atomic E-state index is 0.0371. The Kier molecular flexibility index (Phi) is 3.25. The van der Waals surface area contributed by atoms with Gasteiger partial charge in [-0.05, 0) is 13.0 Å². The maximum atomic E-state index is 9.36. The zero-order valence-corrected chi connectivity index (χ0v) is 8.19. The molecule has 0 aliphatic rings. The van der Waals surface area contributed by atoms with Crippen molar-refractivity contribution in [3.8, 4) is 5.88 Å². The van der Waals surface area contributed by atoms with Crippen LogP contribution in [0.2, 0.25) is 0 Å². The molecule has 0 saturated carbocycles. The van der Waals surface area contributed by atoms with E-state index in [2.05, 4.69) is 4.98 Å². The fourth-order valence-corrected chi connectivity index (χ4v) is 1.05. The second-order valence-corrected chi connectivity index (χ2v) is 3.13. The number of methoxy groups -OCH3 is 1. The highest BCUT2D eigenvalue weighted by Gasteiger charge is 2.12. The number of aliphatic hydroxyl groups excluding tert-OH is 1. The van der Waals surface area contributed by atoms with Crippen LogP contribution in [0.3, 0.4) is 0 Å². The zero-order valence-electron chi connectivity index (χ0n) is 8.19. The lowest BCUT2D eigenvalue weighted by molar-refractivity contribution is 0.167. The quantitative estimate of drug-likeness (QED) is 0.769. The average Bonchev–Trinajstić information content (AvgIpc) is 2.16. The first kappa shape index (κ1) is 9.99. The topological polar surface area (TPSA) is 42.4 Å². The third-order valence-corrected chi connectivity index (χ3v) is 2.14. The zero-order chi connectivity index (χ0) is 9.84. The van der Waals surface area contributed by atoms with Gasteiger partial charge in [0, 0.05) is 17.7 Å². The van der Waals surface area contributed by atoms with Gasteiger partial charge in [-0.3, -0.25) is 0 Å². The second-order valence-electron chi connectivity index (χ2n) is 3.13. The van der Waals surface area contributed by atoms with Gasteiger partial charge in [0.25, 0.3) is 0 Å². The highest BCUT2D eigenvalue weighted by Crippen LogP contribution is 2.18. The molecule has 0 saturated heterocycles. The van der Waals surface area contributed by atoms with Crippen molar-refractivity contribution in [2.75, 3.05) is 7.11 Å². The summed E-state index contributed by atoms with van der Waals surface area (Å²) in [5.41, 5.74) is 0.856. The molecule has 3 nitrogen and oxygen atoms in total. The molecule has 1 aromatic rings. The SMILES string of the molecule is COc1cccc([C@H](C)[C@H](C)O)n1. The van der Waals surface area contributed by atoms with Crippen molar-refractivity contribution in [2.45, 2.75) is 25.9 Å². The van der Waals surface area contributed by atoms with E-state index < -0.39 is 0 Å². The molecule has 1 aromatic heterocycles. The summed E-state index contributed by atoms with van der Waals surface area (Å²) in [6.07, 6.45) is -0.389.